The van der Waals surface area contributed by atoms with Gasteiger partial charge in [-0.25, -0.2) is 4.79 Å². The van der Waals surface area contributed by atoms with E-state index in [1.807, 2.05) is 16.4 Å². The molecule has 1 saturated carbocycles. The molecule has 0 aromatic heterocycles. The summed E-state index contributed by atoms with van der Waals surface area (Å²) in [4.78, 5) is 42.5. The lowest BCUT2D eigenvalue weighted by molar-refractivity contribution is -0.132. The summed E-state index contributed by atoms with van der Waals surface area (Å²) >= 11 is 1.52. The molecule has 2 unspecified atom stereocenters. The fraction of sp³-hybridized carbons (Fsp3) is 0.577. The van der Waals surface area contributed by atoms with Crippen LogP contribution in [0.15, 0.2) is 29.7 Å². The SMILES string of the molecule is CCCNC(=O)C1CCC(CN2C(=O)C3SC=CC3N(Cc3cc(C)ccc3C)C2=O)CC1. The van der Waals surface area contributed by atoms with Gasteiger partial charge in [0.15, 0.2) is 0 Å². The van der Waals surface area contributed by atoms with Crippen molar-refractivity contribution in [3.8, 4) is 0 Å². The van der Waals surface area contributed by atoms with Crippen LogP contribution in [-0.4, -0.2) is 52.0 Å². The van der Waals surface area contributed by atoms with E-state index < -0.39 is 0 Å². The van der Waals surface area contributed by atoms with Crippen molar-refractivity contribution in [2.75, 3.05) is 13.1 Å². The average molecular weight is 470 g/mol. The van der Waals surface area contributed by atoms with E-state index in [0.29, 0.717) is 13.1 Å². The Balaban J connectivity index is 1.44. The molecule has 6 nitrogen and oxygen atoms in total. The largest absolute Gasteiger partial charge is 0.356 e. The predicted molar refractivity (Wildman–Crippen MR) is 132 cm³/mol. The van der Waals surface area contributed by atoms with Gasteiger partial charge < -0.3 is 10.2 Å². The lowest BCUT2D eigenvalue weighted by Gasteiger charge is -2.43. The van der Waals surface area contributed by atoms with Gasteiger partial charge in [-0.3, -0.25) is 14.5 Å². The highest BCUT2D eigenvalue weighted by atomic mass is 32.2. The Labute approximate surface area is 201 Å². The van der Waals surface area contributed by atoms with E-state index in [1.54, 1.807) is 0 Å². The molecule has 2 fully saturated rings. The van der Waals surface area contributed by atoms with Crippen molar-refractivity contribution in [2.45, 2.75) is 70.7 Å². The topological polar surface area (TPSA) is 69.7 Å². The number of benzene rings is 1. The summed E-state index contributed by atoms with van der Waals surface area (Å²) in [6, 6.07) is 5.93. The number of nitrogens with one attached hydrogen (secondary N) is 1. The number of rotatable bonds is 7. The first-order valence-electron chi connectivity index (χ1n) is 12.2. The molecule has 1 N–H and O–H groups in total. The molecule has 178 valence electrons. The highest BCUT2D eigenvalue weighted by Crippen LogP contribution is 2.37. The van der Waals surface area contributed by atoms with Crippen molar-refractivity contribution in [1.82, 2.24) is 15.1 Å². The zero-order valence-corrected chi connectivity index (χ0v) is 20.7. The number of carbonyl (C=O) groups is 3. The molecule has 3 aliphatic rings. The van der Waals surface area contributed by atoms with Crippen molar-refractivity contribution >= 4 is 29.6 Å². The molecule has 1 saturated heterocycles. The molecule has 0 bridgehead atoms. The van der Waals surface area contributed by atoms with Gasteiger partial charge in [0.1, 0.15) is 5.25 Å². The van der Waals surface area contributed by atoms with Crippen LogP contribution in [0.25, 0.3) is 0 Å². The number of nitrogens with zero attached hydrogens (tertiary/aromatic N) is 2. The predicted octanol–water partition coefficient (Wildman–Crippen LogP) is 4.40. The molecule has 1 aliphatic carbocycles. The Morgan fingerprint density at radius 1 is 1.15 bits per heavy atom. The maximum Gasteiger partial charge on any atom is 0.327 e. The van der Waals surface area contributed by atoms with Crippen molar-refractivity contribution in [1.29, 1.82) is 0 Å². The van der Waals surface area contributed by atoms with Gasteiger partial charge in [-0.05, 0) is 68.4 Å². The second-order valence-electron chi connectivity index (χ2n) is 9.67. The molecule has 0 radical (unpaired) electrons. The van der Waals surface area contributed by atoms with E-state index in [1.165, 1.54) is 22.2 Å². The third-order valence-electron chi connectivity index (χ3n) is 7.21. The molecular formula is C26H35N3O3S. The van der Waals surface area contributed by atoms with Crippen LogP contribution in [0.1, 0.15) is 55.7 Å². The molecule has 2 aliphatic heterocycles. The van der Waals surface area contributed by atoms with Crippen LogP contribution in [0.4, 0.5) is 4.79 Å². The third kappa shape index (κ3) is 5.13. The lowest BCUT2D eigenvalue weighted by Crippen LogP contribution is -2.62. The van der Waals surface area contributed by atoms with Crippen molar-refractivity contribution in [2.24, 2.45) is 11.8 Å². The van der Waals surface area contributed by atoms with E-state index in [9.17, 15) is 14.4 Å². The monoisotopic (exact) mass is 469 g/mol. The maximum atomic E-state index is 13.6. The van der Waals surface area contributed by atoms with Gasteiger partial charge in [0.2, 0.25) is 11.8 Å². The summed E-state index contributed by atoms with van der Waals surface area (Å²) in [5, 5.41) is 4.70. The van der Waals surface area contributed by atoms with E-state index >= 15 is 0 Å². The first-order valence-corrected chi connectivity index (χ1v) is 13.1. The molecule has 0 spiro atoms. The number of hydrogen-bond acceptors (Lipinski definition) is 4. The van der Waals surface area contributed by atoms with Crippen molar-refractivity contribution in [3.05, 3.63) is 46.4 Å². The van der Waals surface area contributed by atoms with E-state index in [4.69, 9.17) is 0 Å². The van der Waals surface area contributed by atoms with Crippen LogP contribution in [0.5, 0.6) is 0 Å². The Morgan fingerprint density at radius 3 is 2.64 bits per heavy atom. The molecule has 2 heterocycles. The second kappa shape index (κ2) is 10.3. The molecule has 1 aromatic rings. The minimum Gasteiger partial charge on any atom is -0.356 e. The minimum absolute atomic E-state index is 0.0559. The summed E-state index contributed by atoms with van der Waals surface area (Å²) in [6.07, 6.45) is 6.33. The molecular weight excluding hydrogens is 434 g/mol. The smallest absolute Gasteiger partial charge is 0.327 e. The minimum atomic E-state index is -0.260. The zero-order valence-electron chi connectivity index (χ0n) is 19.9. The number of urea groups is 1. The second-order valence-corrected chi connectivity index (χ2v) is 10.7. The summed E-state index contributed by atoms with van der Waals surface area (Å²) in [5.74, 6) is 0.392. The summed E-state index contributed by atoms with van der Waals surface area (Å²) in [5.41, 5.74) is 3.45. The van der Waals surface area contributed by atoms with Crippen molar-refractivity contribution < 1.29 is 14.4 Å². The molecule has 33 heavy (non-hydrogen) atoms. The highest BCUT2D eigenvalue weighted by molar-refractivity contribution is 8.03. The van der Waals surface area contributed by atoms with Gasteiger partial charge in [0, 0.05) is 25.6 Å². The number of fused-ring (bicyclic) bond motifs is 1. The Hall–Kier alpha value is -2.28. The number of amides is 4. The number of imide groups is 1. The summed E-state index contributed by atoms with van der Waals surface area (Å²) < 4.78 is 0. The first kappa shape index (κ1) is 23.9. The van der Waals surface area contributed by atoms with E-state index in [0.717, 1.165) is 49.8 Å². The fourth-order valence-corrected chi connectivity index (χ4v) is 6.21. The number of carbonyl (C=O) groups excluding carboxylic acids is 3. The van der Waals surface area contributed by atoms with Gasteiger partial charge in [-0.2, -0.15) is 0 Å². The van der Waals surface area contributed by atoms with Gasteiger partial charge in [-0.1, -0.05) is 36.8 Å². The quantitative estimate of drug-likeness (QED) is 0.643. The number of thioether (sulfide) groups is 1. The first-order chi connectivity index (χ1) is 15.9. The van der Waals surface area contributed by atoms with Crippen LogP contribution in [-0.2, 0) is 16.1 Å². The zero-order chi connectivity index (χ0) is 23.5. The highest BCUT2D eigenvalue weighted by Gasteiger charge is 2.47. The normalized spacial score (nSPS) is 27.1. The van der Waals surface area contributed by atoms with Crippen LogP contribution in [0.3, 0.4) is 0 Å². The Morgan fingerprint density at radius 2 is 1.91 bits per heavy atom. The van der Waals surface area contributed by atoms with Crippen LogP contribution < -0.4 is 5.32 Å². The maximum absolute atomic E-state index is 13.6. The number of aryl methyl sites for hydroxylation is 2. The van der Waals surface area contributed by atoms with Gasteiger partial charge in [0.05, 0.1) is 6.04 Å². The van der Waals surface area contributed by atoms with Crippen LogP contribution in [0, 0.1) is 25.7 Å². The third-order valence-corrected chi connectivity index (χ3v) is 8.30. The van der Waals surface area contributed by atoms with E-state index in [-0.39, 0.29) is 41.0 Å². The Kier molecular flexibility index (Phi) is 7.47. The standard InChI is InChI=1S/C26H35N3O3S/c1-4-12-27-24(30)20-9-7-19(8-10-20)15-29-25(31)23-22(11-13-33-23)28(26(29)32)16-21-14-17(2)5-6-18(21)3/h5-6,11,13-14,19-20,22-23H,4,7-10,12,15-16H2,1-3H3,(H,27,30). The van der Waals surface area contributed by atoms with E-state index in [2.05, 4.69) is 44.3 Å². The lowest BCUT2D eigenvalue weighted by atomic mass is 9.81. The molecule has 2 atom stereocenters. The Bertz CT molecular complexity index is 939. The average Bonchev–Trinajstić information content (AvgIpc) is 3.30. The summed E-state index contributed by atoms with van der Waals surface area (Å²) in [7, 11) is 0. The van der Waals surface area contributed by atoms with Gasteiger partial charge in [0.25, 0.3) is 0 Å². The fourth-order valence-electron chi connectivity index (χ4n) is 5.15. The van der Waals surface area contributed by atoms with Gasteiger partial charge in [-0.15, -0.1) is 11.8 Å². The van der Waals surface area contributed by atoms with Crippen molar-refractivity contribution in [3.63, 3.8) is 0 Å². The molecule has 7 heteroatoms. The molecule has 4 amide bonds. The van der Waals surface area contributed by atoms with Crippen LogP contribution >= 0.6 is 11.8 Å². The summed E-state index contributed by atoms with van der Waals surface area (Å²) in [6.45, 7) is 7.86. The van der Waals surface area contributed by atoms with Crippen LogP contribution in [0.2, 0.25) is 0 Å². The number of hydrogen-bond donors (Lipinski definition) is 1. The molecule has 1 aromatic carbocycles. The van der Waals surface area contributed by atoms with Gasteiger partial charge >= 0.3 is 6.03 Å². The molecule has 4 rings (SSSR count).